The van der Waals surface area contributed by atoms with E-state index in [0.29, 0.717) is 5.56 Å². The lowest BCUT2D eigenvalue weighted by Gasteiger charge is -2.17. The van der Waals surface area contributed by atoms with Gasteiger partial charge in [-0.3, -0.25) is 4.79 Å². The van der Waals surface area contributed by atoms with Crippen LogP contribution < -0.4 is 4.90 Å². The van der Waals surface area contributed by atoms with Gasteiger partial charge in [0.25, 0.3) is 0 Å². The number of aldehydes is 1. The van der Waals surface area contributed by atoms with Gasteiger partial charge in [0.15, 0.2) is 6.29 Å². The van der Waals surface area contributed by atoms with Crippen molar-refractivity contribution in [3.63, 3.8) is 0 Å². The Balaban J connectivity index is 2.34. The predicted molar refractivity (Wildman–Crippen MR) is 63.0 cm³/mol. The lowest BCUT2D eigenvalue weighted by atomic mass is 10.1. The summed E-state index contributed by atoms with van der Waals surface area (Å²) in [6, 6.07) is 0. The second-order valence-corrected chi connectivity index (χ2v) is 4.48. The lowest BCUT2D eigenvalue weighted by Crippen LogP contribution is -2.21. The fourth-order valence-corrected chi connectivity index (χ4v) is 2.02. The molecule has 0 amide bonds. The van der Waals surface area contributed by atoms with Crippen LogP contribution in [0, 0.1) is 0 Å². The predicted octanol–water partition coefficient (Wildman–Crippen LogP) is 2.01. The number of nitrogens with zero attached hydrogens (tertiary/aromatic N) is 3. The Kier molecular flexibility index (Phi) is 3.17. The van der Waals surface area contributed by atoms with Crippen molar-refractivity contribution in [2.75, 3.05) is 18.0 Å². The zero-order chi connectivity index (χ0) is 11.5. The van der Waals surface area contributed by atoms with E-state index >= 15 is 0 Å². The number of hydrogen-bond donors (Lipinski definition) is 0. The van der Waals surface area contributed by atoms with Crippen LogP contribution in [0.4, 0.5) is 5.95 Å². The topological polar surface area (TPSA) is 46.1 Å². The molecule has 0 atom stereocenters. The van der Waals surface area contributed by atoms with Gasteiger partial charge in [-0.2, -0.15) is 0 Å². The van der Waals surface area contributed by atoms with Crippen LogP contribution in [0.2, 0.25) is 0 Å². The minimum atomic E-state index is 0.254. The van der Waals surface area contributed by atoms with Crippen molar-refractivity contribution < 1.29 is 4.79 Å². The molecule has 1 aromatic rings. The van der Waals surface area contributed by atoms with E-state index in [1.165, 1.54) is 12.8 Å². The third-order valence-electron chi connectivity index (χ3n) is 2.90. The summed E-state index contributed by atoms with van der Waals surface area (Å²) in [5.41, 5.74) is 1.46. The van der Waals surface area contributed by atoms with Crippen LogP contribution in [0.5, 0.6) is 0 Å². The summed E-state index contributed by atoms with van der Waals surface area (Å²) >= 11 is 0. The summed E-state index contributed by atoms with van der Waals surface area (Å²) in [5.74, 6) is 1.02. The van der Waals surface area contributed by atoms with E-state index in [1.54, 1.807) is 6.20 Å². The van der Waals surface area contributed by atoms with Crippen LogP contribution >= 0.6 is 0 Å². The van der Waals surface area contributed by atoms with Gasteiger partial charge in [0.1, 0.15) is 0 Å². The number of hydrogen-bond acceptors (Lipinski definition) is 4. The fraction of sp³-hybridized carbons (Fsp3) is 0.583. The summed E-state index contributed by atoms with van der Waals surface area (Å²) in [4.78, 5) is 21.8. The summed E-state index contributed by atoms with van der Waals surface area (Å²) in [6.07, 6.45) is 4.89. The standard InChI is InChI=1S/C12H17N3O/c1-9(2)11-10(8-16)7-13-12(14-11)15-5-3-4-6-15/h7-9H,3-6H2,1-2H3. The largest absolute Gasteiger partial charge is 0.341 e. The number of aromatic nitrogens is 2. The molecule has 86 valence electrons. The molecular formula is C12H17N3O. The average molecular weight is 219 g/mol. The molecule has 1 aliphatic heterocycles. The van der Waals surface area contributed by atoms with Crippen LogP contribution in [0.25, 0.3) is 0 Å². The molecule has 2 heterocycles. The van der Waals surface area contributed by atoms with Gasteiger partial charge in [-0.05, 0) is 18.8 Å². The first-order valence-electron chi connectivity index (χ1n) is 5.79. The van der Waals surface area contributed by atoms with E-state index in [-0.39, 0.29) is 5.92 Å². The monoisotopic (exact) mass is 219 g/mol. The van der Waals surface area contributed by atoms with Gasteiger partial charge < -0.3 is 4.90 Å². The molecule has 0 unspecified atom stereocenters. The third kappa shape index (κ3) is 2.05. The maximum atomic E-state index is 10.9. The van der Waals surface area contributed by atoms with E-state index in [4.69, 9.17) is 0 Å². The molecule has 1 fully saturated rings. The lowest BCUT2D eigenvalue weighted by molar-refractivity contribution is 0.112. The Morgan fingerprint density at radius 1 is 1.38 bits per heavy atom. The molecule has 0 N–H and O–H groups in total. The highest BCUT2D eigenvalue weighted by Gasteiger charge is 2.17. The third-order valence-corrected chi connectivity index (χ3v) is 2.90. The van der Waals surface area contributed by atoms with Gasteiger partial charge in [0, 0.05) is 19.3 Å². The molecule has 1 saturated heterocycles. The van der Waals surface area contributed by atoms with Crippen LogP contribution in [-0.4, -0.2) is 29.3 Å². The molecule has 0 saturated carbocycles. The van der Waals surface area contributed by atoms with Crippen LogP contribution in [0.15, 0.2) is 6.20 Å². The Labute approximate surface area is 95.7 Å². The van der Waals surface area contributed by atoms with E-state index in [9.17, 15) is 4.79 Å². The van der Waals surface area contributed by atoms with Crippen molar-refractivity contribution in [1.82, 2.24) is 9.97 Å². The SMILES string of the molecule is CC(C)c1nc(N2CCCC2)ncc1C=O. The molecule has 16 heavy (non-hydrogen) atoms. The quantitative estimate of drug-likeness (QED) is 0.729. The Morgan fingerprint density at radius 2 is 2.06 bits per heavy atom. The Hall–Kier alpha value is -1.45. The van der Waals surface area contributed by atoms with Crippen LogP contribution in [0.3, 0.4) is 0 Å². The number of carbonyl (C=O) groups is 1. The van der Waals surface area contributed by atoms with Crippen molar-refractivity contribution >= 4 is 12.2 Å². The molecule has 0 spiro atoms. The fourth-order valence-electron chi connectivity index (χ4n) is 2.02. The van der Waals surface area contributed by atoms with Crippen LogP contribution in [-0.2, 0) is 0 Å². The first kappa shape index (κ1) is 11.0. The molecule has 0 aromatic carbocycles. The Bertz CT molecular complexity index is 384. The van der Waals surface area contributed by atoms with E-state index < -0.39 is 0 Å². The first-order chi connectivity index (χ1) is 7.72. The minimum Gasteiger partial charge on any atom is -0.341 e. The Morgan fingerprint density at radius 3 is 2.62 bits per heavy atom. The zero-order valence-corrected chi connectivity index (χ0v) is 9.81. The van der Waals surface area contributed by atoms with Gasteiger partial charge in [-0.25, -0.2) is 9.97 Å². The highest BCUT2D eigenvalue weighted by molar-refractivity contribution is 5.76. The van der Waals surface area contributed by atoms with E-state index in [0.717, 1.165) is 31.0 Å². The van der Waals surface area contributed by atoms with Gasteiger partial charge in [0.2, 0.25) is 5.95 Å². The molecule has 1 aliphatic rings. The number of carbonyl (C=O) groups excluding carboxylic acids is 1. The average Bonchev–Trinajstić information content (AvgIpc) is 2.81. The maximum Gasteiger partial charge on any atom is 0.225 e. The normalized spacial score (nSPS) is 15.8. The highest BCUT2D eigenvalue weighted by Crippen LogP contribution is 2.20. The van der Waals surface area contributed by atoms with Gasteiger partial charge in [-0.15, -0.1) is 0 Å². The van der Waals surface area contributed by atoms with E-state index in [1.807, 2.05) is 13.8 Å². The van der Waals surface area contributed by atoms with Crippen LogP contribution in [0.1, 0.15) is 48.7 Å². The van der Waals surface area contributed by atoms with Crippen molar-refractivity contribution in [2.45, 2.75) is 32.6 Å². The summed E-state index contributed by atoms with van der Waals surface area (Å²) in [7, 11) is 0. The molecule has 1 aromatic heterocycles. The second-order valence-electron chi connectivity index (χ2n) is 4.48. The highest BCUT2D eigenvalue weighted by atomic mass is 16.1. The molecular weight excluding hydrogens is 202 g/mol. The van der Waals surface area contributed by atoms with Crippen molar-refractivity contribution in [3.8, 4) is 0 Å². The van der Waals surface area contributed by atoms with Gasteiger partial charge >= 0.3 is 0 Å². The number of rotatable bonds is 3. The van der Waals surface area contributed by atoms with Crippen molar-refractivity contribution in [1.29, 1.82) is 0 Å². The maximum absolute atomic E-state index is 10.9. The molecule has 0 radical (unpaired) electrons. The molecule has 2 rings (SSSR count). The summed E-state index contributed by atoms with van der Waals surface area (Å²) < 4.78 is 0. The summed E-state index contributed by atoms with van der Waals surface area (Å²) in [6.45, 7) is 6.14. The summed E-state index contributed by atoms with van der Waals surface area (Å²) in [5, 5.41) is 0. The molecule has 4 heteroatoms. The number of anilines is 1. The zero-order valence-electron chi connectivity index (χ0n) is 9.81. The smallest absolute Gasteiger partial charge is 0.225 e. The molecule has 0 bridgehead atoms. The van der Waals surface area contributed by atoms with Gasteiger partial charge in [0.05, 0.1) is 11.3 Å². The van der Waals surface area contributed by atoms with Crippen molar-refractivity contribution in [2.24, 2.45) is 0 Å². The van der Waals surface area contributed by atoms with E-state index in [2.05, 4.69) is 14.9 Å². The second kappa shape index (κ2) is 4.60. The molecule has 4 nitrogen and oxygen atoms in total. The first-order valence-corrected chi connectivity index (χ1v) is 5.79. The van der Waals surface area contributed by atoms with Gasteiger partial charge in [-0.1, -0.05) is 13.8 Å². The minimum absolute atomic E-state index is 0.254. The van der Waals surface area contributed by atoms with Crippen molar-refractivity contribution in [3.05, 3.63) is 17.5 Å². The molecule has 0 aliphatic carbocycles.